The monoisotopic (exact) mass is 472 g/mol. The first-order valence-corrected chi connectivity index (χ1v) is 11.2. The number of hydrogen-bond acceptors (Lipinski definition) is 5. The Morgan fingerprint density at radius 1 is 0.778 bits per heavy atom. The third kappa shape index (κ3) is 4.71. The molecule has 0 spiro atoms. The molecule has 0 saturated carbocycles. The summed E-state index contributed by atoms with van der Waals surface area (Å²) in [5.74, 6) is -0.388. The molecule has 1 amide bonds. The van der Waals surface area contributed by atoms with Crippen molar-refractivity contribution in [3.63, 3.8) is 0 Å². The summed E-state index contributed by atoms with van der Waals surface area (Å²) in [5, 5.41) is 16.2. The van der Waals surface area contributed by atoms with E-state index in [2.05, 4.69) is 10.5 Å². The van der Waals surface area contributed by atoms with Crippen molar-refractivity contribution in [3.8, 4) is 11.3 Å². The number of rotatable bonds is 6. The molecule has 0 saturated heterocycles. The quantitative estimate of drug-likeness (QED) is 0.186. The number of amides is 1. The second-order valence-electron chi connectivity index (χ2n) is 8.01. The van der Waals surface area contributed by atoms with E-state index in [0.717, 1.165) is 11.1 Å². The molecule has 0 bridgehead atoms. The molecule has 1 aromatic heterocycles. The Morgan fingerprint density at radius 2 is 1.39 bits per heavy atom. The van der Waals surface area contributed by atoms with Gasteiger partial charge in [0.05, 0.1) is 27.4 Å². The number of nitrogens with zero attached hydrogens (tertiary/aromatic N) is 3. The summed E-state index contributed by atoms with van der Waals surface area (Å²) in [6, 6.07) is 34.3. The summed E-state index contributed by atoms with van der Waals surface area (Å²) in [6.07, 6.45) is 0. The molecule has 0 radical (unpaired) electrons. The molecular weight excluding hydrogens is 452 g/mol. The van der Waals surface area contributed by atoms with Crippen LogP contribution in [0.4, 0.5) is 5.69 Å². The van der Waals surface area contributed by atoms with Crippen LogP contribution in [0.15, 0.2) is 120 Å². The van der Waals surface area contributed by atoms with Gasteiger partial charge in [-0.15, -0.1) is 0 Å². The van der Waals surface area contributed by atoms with Gasteiger partial charge in [-0.05, 0) is 24.3 Å². The number of hydrazone groups is 1. The van der Waals surface area contributed by atoms with E-state index in [1.807, 2.05) is 84.9 Å². The molecule has 1 heterocycles. The number of fused-ring (bicyclic) bond motifs is 1. The molecule has 7 nitrogen and oxygen atoms in total. The maximum atomic E-state index is 13.4. The molecule has 5 rings (SSSR count). The van der Waals surface area contributed by atoms with Gasteiger partial charge in [0.2, 0.25) is 0 Å². The number of benzene rings is 4. The lowest BCUT2D eigenvalue weighted by atomic mass is 10.0. The Balaban J connectivity index is 1.55. The lowest BCUT2D eigenvalue weighted by Crippen LogP contribution is -2.21. The molecule has 1 N–H and O–H groups in total. The molecular formula is C29H20N4O3. The van der Waals surface area contributed by atoms with Crippen molar-refractivity contribution in [2.45, 2.75) is 0 Å². The standard InChI is InChI=1S/C29H20N4O3/c34-29(25-19-27(20-9-3-1-4-10-20)30-26-14-8-7-13-24(25)26)32-31-28(21-11-5-2-6-12-21)22-15-17-23(18-16-22)33(35)36/h1-19H,(H,32,34)/b31-28+. The van der Waals surface area contributed by atoms with Crippen LogP contribution in [0, 0.1) is 10.1 Å². The van der Waals surface area contributed by atoms with Crippen molar-refractivity contribution in [1.82, 2.24) is 10.4 Å². The highest BCUT2D eigenvalue weighted by Crippen LogP contribution is 2.25. The summed E-state index contributed by atoms with van der Waals surface area (Å²) in [4.78, 5) is 28.8. The molecule has 7 heteroatoms. The van der Waals surface area contributed by atoms with E-state index in [-0.39, 0.29) is 11.6 Å². The van der Waals surface area contributed by atoms with E-state index in [9.17, 15) is 14.9 Å². The Hall–Kier alpha value is -5.17. The SMILES string of the molecule is O=C(N/N=C(\c1ccccc1)c1ccc([N+](=O)[O-])cc1)c1cc(-c2ccccc2)nc2ccccc12. The van der Waals surface area contributed by atoms with Crippen LogP contribution in [0.25, 0.3) is 22.2 Å². The van der Waals surface area contributed by atoms with Crippen LogP contribution in [0.3, 0.4) is 0 Å². The number of carbonyl (C=O) groups excluding carboxylic acids is 1. The maximum Gasteiger partial charge on any atom is 0.272 e. The van der Waals surface area contributed by atoms with E-state index in [0.29, 0.717) is 33.4 Å². The number of pyridine rings is 1. The smallest absolute Gasteiger partial charge is 0.267 e. The molecule has 0 aliphatic rings. The molecule has 0 unspecified atom stereocenters. The van der Waals surface area contributed by atoms with Gasteiger partial charge in [0.25, 0.3) is 11.6 Å². The Bertz CT molecular complexity index is 1580. The largest absolute Gasteiger partial charge is 0.272 e. The minimum absolute atomic E-state index is 0.0214. The van der Waals surface area contributed by atoms with Crippen LogP contribution >= 0.6 is 0 Å². The maximum absolute atomic E-state index is 13.4. The van der Waals surface area contributed by atoms with Gasteiger partial charge in [0.15, 0.2) is 0 Å². The molecule has 5 aromatic rings. The fraction of sp³-hybridized carbons (Fsp3) is 0. The average Bonchev–Trinajstić information content (AvgIpc) is 2.93. The molecule has 36 heavy (non-hydrogen) atoms. The summed E-state index contributed by atoms with van der Waals surface area (Å²) >= 11 is 0. The van der Waals surface area contributed by atoms with Crippen molar-refractivity contribution in [2.24, 2.45) is 5.10 Å². The van der Waals surface area contributed by atoms with Crippen molar-refractivity contribution in [1.29, 1.82) is 0 Å². The normalized spacial score (nSPS) is 11.3. The zero-order valence-electron chi connectivity index (χ0n) is 19.0. The third-order valence-corrected chi connectivity index (χ3v) is 5.70. The number of nitrogens with one attached hydrogen (secondary N) is 1. The Morgan fingerprint density at radius 3 is 2.08 bits per heavy atom. The zero-order valence-corrected chi connectivity index (χ0v) is 19.0. The molecule has 0 atom stereocenters. The number of aromatic nitrogens is 1. The predicted molar refractivity (Wildman–Crippen MR) is 140 cm³/mol. The van der Waals surface area contributed by atoms with Crippen LogP contribution in [-0.4, -0.2) is 21.5 Å². The third-order valence-electron chi connectivity index (χ3n) is 5.70. The summed E-state index contributed by atoms with van der Waals surface area (Å²) in [7, 11) is 0. The number of hydrogen-bond donors (Lipinski definition) is 1. The fourth-order valence-corrected chi connectivity index (χ4v) is 3.92. The zero-order chi connectivity index (χ0) is 24.9. The summed E-state index contributed by atoms with van der Waals surface area (Å²) < 4.78 is 0. The second kappa shape index (κ2) is 9.99. The van der Waals surface area contributed by atoms with Gasteiger partial charge in [-0.1, -0.05) is 78.9 Å². The highest BCUT2D eigenvalue weighted by Gasteiger charge is 2.15. The van der Waals surface area contributed by atoms with Gasteiger partial charge < -0.3 is 0 Å². The van der Waals surface area contributed by atoms with Crippen LogP contribution in [-0.2, 0) is 0 Å². The highest BCUT2D eigenvalue weighted by molar-refractivity contribution is 6.14. The number of non-ortho nitro benzene ring substituents is 1. The second-order valence-corrected chi connectivity index (χ2v) is 8.01. The van der Waals surface area contributed by atoms with Gasteiger partial charge >= 0.3 is 0 Å². The number of nitro groups is 1. The number of carbonyl (C=O) groups is 1. The van der Waals surface area contributed by atoms with Crippen molar-refractivity contribution in [2.75, 3.05) is 0 Å². The average molecular weight is 473 g/mol. The summed E-state index contributed by atoms with van der Waals surface area (Å²) in [5.41, 5.74) is 7.28. The molecule has 4 aromatic carbocycles. The van der Waals surface area contributed by atoms with E-state index >= 15 is 0 Å². The lowest BCUT2D eigenvalue weighted by Gasteiger charge is -2.11. The molecule has 0 fully saturated rings. The van der Waals surface area contributed by atoms with Gasteiger partial charge in [-0.2, -0.15) is 5.10 Å². The van der Waals surface area contributed by atoms with Crippen LogP contribution in [0.5, 0.6) is 0 Å². The van der Waals surface area contributed by atoms with Gasteiger partial charge in [0.1, 0.15) is 0 Å². The van der Waals surface area contributed by atoms with E-state index < -0.39 is 4.92 Å². The van der Waals surface area contributed by atoms with Crippen LogP contribution < -0.4 is 5.43 Å². The minimum Gasteiger partial charge on any atom is -0.267 e. The molecule has 0 aliphatic heterocycles. The minimum atomic E-state index is -0.455. The van der Waals surface area contributed by atoms with E-state index in [1.165, 1.54) is 12.1 Å². The first-order chi connectivity index (χ1) is 17.6. The highest BCUT2D eigenvalue weighted by atomic mass is 16.6. The molecule has 174 valence electrons. The first kappa shape index (κ1) is 22.6. The van der Waals surface area contributed by atoms with Gasteiger partial charge in [0, 0.05) is 34.2 Å². The molecule has 0 aliphatic carbocycles. The fourth-order valence-electron chi connectivity index (χ4n) is 3.92. The van der Waals surface area contributed by atoms with E-state index in [4.69, 9.17) is 4.98 Å². The van der Waals surface area contributed by atoms with Crippen molar-refractivity contribution in [3.05, 3.63) is 142 Å². The van der Waals surface area contributed by atoms with Crippen LogP contribution in [0.1, 0.15) is 21.5 Å². The van der Waals surface area contributed by atoms with Crippen molar-refractivity contribution >= 4 is 28.2 Å². The first-order valence-electron chi connectivity index (χ1n) is 11.2. The van der Waals surface area contributed by atoms with Gasteiger partial charge in [-0.3, -0.25) is 14.9 Å². The number of nitro benzene ring substituents is 1. The van der Waals surface area contributed by atoms with Crippen LogP contribution in [0.2, 0.25) is 0 Å². The van der Waals surface area contributed by atoms with Crippen molar-refractivity contribution < 1.29 is 9.72 Å². The lowest BCUT2D eigenvalue weighted by molar-refractivity contribution is -0.384. The summed E-state index contributed by atoms with van der Waals surface area (Å²) in [6.45, 7) is 0. The Labute approximate surface area is 206 Å². The van der Waals surface area contributed by atoms with Gasteiger partial charge in [-0.25, -0.2) is 10.4 Å². The topological polar surface area (TPSA) is 97.5 Å². The predicted octanol–water partition coefficient (Wildman–Crippen LogP) is 5.99. The van der Waals surface area contributed by atoms with E-state index in [1.54, 1.807) is 18.2 Å². The number of para-hydroxylation sites is 1. The Kier molecular flexibility index (Phi) is 6.27.